The van der Waals surface area contributed by atoms with Crippen molar-refractivity contribution in [3.8, 4) is 17.0 Å². The monoisotopic (exact) mass is 711 g/mol. The van der Waals surface area contributed by atoms with E-state index in [2.05, 4.69) is 15.3 Å². The minimum absolute atomic E-state index is 0.0433. The molecule has 0 radical (unpaired) electrons. The smallest absolute Gasteiger partial charge is 0.415 e. The summed E-state index contributed by atoms with van der Waals surface area (Å²) in [5.41, 5.74) is 0.293. The summed E-state index contributed by atoms with van der Waals surface area (Å²) in [4.78, 5) is 50.3. The Bertz CT molecular complexity index is 1840. The van der Waals surface area contributed by atoms with Crippen LogP contribution in [0.25, 0.3) is 21.9 Å². The molecule has 1 saturated heterocycles. The normalized spacial score (nSPS) is 17.5. The lowest BCUT2D eigenvalue weighted by molar-refractivity contribution is -0.0717. The van der Waals surface area contributed by atoms with Gasteiger partial charge in [-0.2, -0.15) is 0 Å². The van der Waals surface area contributed by atoms with E-state index in [1.165, 1.54) is 17.3 Å². The zero-order valence-electron chi connectivity index (χ0n) is 29.4. The molecule has 1 aliphatic carbocycles. The third-order valence-corrected chi connectivity index (χ3v) is 9.57. The van der Waals surface area contributed by atoms with E-state index in [9.17, 15) is 14.4 Å². The van der Waals surface area contributed by atoms with Crippen molar-refractivity contribution >= 4 is 52.2 Å². The number of nitrogens with zero attached hydrogens (tertiary/aromatic N) is 4. The predicted octanol–water partition coefficient (Wildman–Crippen LogP) is 8.26. The van der Waals surface area contributed by atoms with Gasteiger partial charge in [0.2, 0.25) is 5.88 Å². The van der Waals surface area contributed by atoms with E-state index in [4.69, 9.17) is 30.5 Å². The van der Waals surface area contributed by atoms with Crippen LogP contribution in [0.1, 0.15) is 72.8 Å². The first-order chi connectivity index (χ1) is 23.4. The fourth-order valence-corrected chi connectivity index (χ4v) is 7.04. The Kier molecular flexibility index (Phi) is 9.25. The number of carbonyl (C=O) groups excluding carboxylic acids is 3. The summed E-state index contributed by atoms with van der Waals surface area (Å²) >= 11 is 6.52. The fourth-order valence-electron chi connectivity index (χ4n) is 6.78. The Morgan fingerprint density at radius 3 is 2.28 bits per heavy atom. The van der Waals surface area contributed by atoms with E-state index in [0.29, 0.717) is 40.7 Å². The molecule has 2 fully saturated rings. The second-order valence-electron chi connectivity index (χ2n) is 15.3. The van der Waals surface area contributed by atoms with E-state index in [1.807, 2.05) is 20.8 Å². The van der Waals surface area contributed by atoms with Crippen LogP contribution in [0, 0.1) is 18.2 Å². The number of fused-ring (bicyclic) bond motifs is 2. The van der Waals surface area contributed by atoms with Crippen LogP contribution in [0.15, 0.2) is 24.5 Å². The Hall–Kier alpha value is -4.39. The molecule has 1 spiro atoms. The molecule has 3 aliphatic rings. The predicted molar refractivity (Wildman–Crippen MR) is 186 cm³/mol. The quantitative estimate of drug-likeness (QED) is 0.267. The van der Waals surface area contributed by atoms with E-state index in [0.717, 1.165) is 25.7 Å². The molecule has 50 heavy (non-hydrogen) atoms. The average Bonchev–Trinajstić information content (AvgIpc) is 3.01. The molecule has 1 N–H and O–H groups in total. The molecular weight excluding hydrogens is 669 g/mol. The summed E-state index contributed by atoms with van der Waals surface area (Å²) in [5, 5.41) is 3.42. The summed E-state index contributed by atoms with van der Waals surface area (Å²) < 4.78 is 38.4. The second kappa shape index (κ2) is 13.1. The van der Waals surface area contributed by atoms with Crippen molar-refractivity contribution in [2.24, 2.45) is 5.41 Å². The maximum absolute atomic E-state index is 15.8. The molecule has 12 nitrogen and oxygen atoms in total. The first-order valence-electron chi connectivity index (χ1n) is 16.8. The number of nitrogens with one attached hydrogen (secondary N) is 1. The molecule has 2 aromatic heterocycles. The minimum Gasteiger partial charge on any atom is -0.474 e. The van der Waals surface area contributed by atoms with Gasteiger partial charge in [0.25, 0.3) is 0 Å². The Morgan fingerprint density at radius 2 is 1.62 bits per heavy atom. The van der Waals surface area contributed by atoms with Gasteiger partial charge in [0.15, 0.2) is 0 Å². The van der Waals surface area contributed by atoms with Crippen LogP contribution in [0.4, 0.5) is 30.3 Å². The molecule has 1 saturated carbocycles. The third kappa shape index (κ3) is 7.38. The number of piperidine rings is 1. The molecule has 1 aromatic carbocycles. The maximum atomic E-state index is 15.8. The summed E-state index contributed by atoms with van der Waals surface area (Å²) in [6.45, 7) is 14.3. The van der Waals surface area contributed by atoms with Crippen LogP contribution in [0.3, 0.4) is 0 Å². The molecule has 0 unspecified atom stereocenters. The number of ether oxygens (including phenoxy) is 4. The van der Waals surface area contributed by atoms with Crippen molar-refractivity contribution in [3.63, 3.8) is 0 Å². The van der Waals surface area contributed by atoms with Crippen LogP contribution in [-0.2, 0) is 14.2 Å². The highest BCUT2D eigenvalue weighted by atomic mass is 35.5. The molecule has 4 heterocycles. The fraction of sp³-hybridized carbons (Fsp3) is 0.528. The molecule has 14 heteroatoms. The number of halogens is 2. The van der Waals surface area contributed by atoms with Crippen LogP contribution >= 0.6 is 11.6 Å². The molecule has 2 aliphatic heterocycles. The number of carbonyl (C=O) groups is 3. The van der Waals surface area contributed by atoms with Crippen LogP contribution in [-0.4, -0.2) is 76.7 Å². The molecule has 268 valence electrons. The topological polar surface area (TPSA) is 132 Å². The molecular formula is C36H43ClFN5O7. The summed E-state index contributed by atoms with van der Waals surface area (Å²) in [6.07, 6.45) is 4.21. The van der Waals surface area contributed by atoms with Crippen molar-refractivity contribution in [1.29, 1.82) is 0 Å². The number of pyridine rings is 2. The lowest BCUT2D eigenvalue weighted by Crippen LogP contribution is -2.52. The number of hydrogen-bond donors (Lipinski definition) is 1. The van der Waals surface area contributed by atoms with E-state index < -0.39 is 29.2 Å². The van der Waals surface area contributed by atoms with Gasteiger partial charge < -0.3 is 23.8 Å². The standard InChI is InChI=1S/C36H43ClFN5O7/c1-20-24(18-40-30-29(20)43(12-13-47-30)33(46)50-35(5,6)7)23-14-21-15-26(39-19-25(21)27(37)28(23)38)41-31(44)48-22-16-36(17-22)8-10-42(11-9-36)32(45)49-34(2,3)4/h14-15,18-19,22H,8-13,16-17H2,1-7H3,(H,39,41,44). The van der Waals surface area contributed by atoms with Crippen LogP contribution in [0.2, 0.25) is 5.02 Å². The number of hydrogen-bond acceptors (Lipinski definition) is 9. The van der Waals surface area contributed by atoms with Gasteiger partial charge in [0, 0.05) is 42.0 Å². The van der Waals surface area contributed by atoms with Gasteiger partial charge >= 0.3 is 18.3 Å². The van der Waals surface area contributed by atoms with Gasteiger partial charge in [-0.1, -0.05) is 11.6 Å². The zero-order valence-corrected chi connectivity index (χ0v) is 30.2. The number of amides is 3. The van der Waals surface area contributed by atoms with Gasteiger partial charge in [-0.15, -0.1) is 0 Å². The van der Waals surface area contributed by atoms with Crippen molar-refractivity contribution < 1.29 is 37.7 Å². The van der Waals surface area contributed by atoms with Crippen LogP contribution < -0.4 is 15.0 Å². The highest BCUT2D eigenvalue weighted by molar-refractivity contribution is 6.36. The van der Waals surface area contributed by atoms with Gasteiger partial charge in [-0.3, -0.25) is 10.2 Å². The number of aromatic nitrogens is 2. The van der Waals surface area contributed by atoms with E-state index >= 15 is 4.39 Å². The Morgan fingerprint density at radius 1 is 0.960 bits per heavy atom. The summed E-state index contributed by atoms with van der Waals surface area (Å²) in [5.74, 6) is -0.226. The highest BCUT2D eigenvalue weighted by Gasteiger charge is 2.48. The molecule has 3 aromatic rings. The number of anilines is 2. The third-order valence-electron chi connectivity index (χ3n) is 9.20. The van der Waals surface area contributed by atoms with Gasteiger partial charge in [-0.25, -0.2) is 28.7 Å². The highest BCUT2D eigenvalue weighted by Crippen LogP contribution is 2.50. The van der Waals surface area contributed by atoms with Crippen molar-refractivity contribution in [1.82, 2.24) is 14.9 Å². The SMILES string of the molecule is Cc1c(-c2cc3cc(NC(=O)OC4CC5(CCN(C(=O)OC(C)(C)C)CC5)C4)ncc3c(Cl)c2F)cnc2c1N(C(=O)OC(C)(C)C)CCO2. The molecule has 6 rings (SSSR count). The van der Waals surface area contributed by atoms with Crippen molar-refractivity contribution in [2.45, 2.75) is 91.5 Å². The number of rotatable bonds is 3. The molecule has 3 amide bonds. The van der Waals surface area contributed by atoms with E-state index in [-0.39, 0.29) is 53.0 Å². The van der Waals surface area contributed by atoms with Gasteiger partial charge in [0.1, 0.15) is 41.2 Å². The van der Waals surface area contributed by atoms with Crippen LogP contribution in [0.5, 0.6) is 5.88 Å². The summed E-state index contributed by atoms with van der Waals surface area (Å²) in [6, 6.07) is 3.20. The second-order valence-corrected chi connectivity index (χ2v) is 15.7. The van der Waals surface area contributed by atoms with E-state index in [1.54, 1.807) is 44.7 Å². The number of likely N-dealkylation sites (tertiary alicyclic amines) is 1. The Labute approximate surface area is 295 Å². The average molecular weight is 712 g/mol. The lowest BCUT2D eigenvalue weighted by atomic mass is 9.61. The van der Waals surface area contributed by atoms with Crippen molar-refractivity contribution in [2.75, 3.05) is 36.5 Å². The first kappa shape index (κ1) is 35.4. The lowest BCUT2D eigenvalue weighted by Gasteiger charge is -2.51. The zero-order chi connectivity index (χ0) is 36.2. The van der Waals surface area contributed by atoms with Crippen molar-refractivity contribution in [3.05, 3.63) is 40.9 Å². The minimum atomic E-state index is -0.721. The number of benzene rings is 1. The molecule has 0 atom stereocenters. The Balaban J connectivity index is 1.14. The summed E-state index contributed by atoms with van der Waals surface area (Å²) in [7, 11) is 0. The van der Waals surface area contributed by atoms with Gasteiger partial charge in [0.05, 0.1) is 11.6 Å². The largest absolute Gasteiger partial charge is 0.474 e. The first-order valence-corrected chi connectivity index (χ1v) is 17.2. The maximum Gasteiger partial charge on any atom is 0.415 e. The molecule has 0 bridgehead atoms. The van der Waals surface area contributed by atoms with Gasteiger partial charge in [-0.05, 0) is 103 Å².